The molecule has 0 aromatic heterocycles. The molecule has 0 aliphatic rings. The summed E-state index contributed by atoms with van der Waals surface area (Å²) < 4.78 is 67.3. The molecule has 21 heavy (non-hydrogen) atoms. The first-order valence-electron chi connectivity index (χ1n) is 4.82. The molecule has 0 amide bonds. The van der Waals surface area contributed by atoms with Gasteiger partial charge in [0.05, 0.1) is 0 Å². The van der Waals surface area contributed by atoms with Gasteiger partial charge in [0, 0.05) is 0 Å². The molecule has 12 nitrogen and oxygen atoms in total. The zero-order valence-electron chi connectivity index (χ0n) is 10.1. The average Bonchev–Trinajstić information content (AvgIpc) is 2.23. The van der Waals surface area contributed by atoms with E-state index in [1.165, 1.54) is 0 Å². The Labute approximate surface area is 126 Å². The molecule has 0 radical (unpaired) electrons. The molecular formula is C6H12N2O10S2Se. The van der Waals surface area contributed by atoms with E-state index in [0.29, 0.717) is 0 Å². The summed E-state index contributed by atoms with van der Waals surface area (Å²) in [5.41, 5.74) is 10.2. The molecule has 0 aromatic carbocycles. The van der Waals surface area contributed by atoms with Gasteiger partial charge in [-0.15, -0.1) is 0 Å². The van der Waals surface area contributed by atoms with E-state index in [4.69, 9.17) is 20.6 Å². The van der Waals surface area contributed by atoms with E-state index in [1.807, 2.05) is 0 Å². The minimum atomic E-state index is -4.48. The van der Waals surface area contributed by atoms with Gasteiger partial charge in [0.25, 0.3) is 0 Å². The fraction of sp³-hybridized carbons (Fsp3) is 0.667. The van der Waals surface area contributed by atoms with E-state index in [0.717, 1.165) is 0 Å². The third-order valence-corrected chi connectivity index (χ3v) is 4.15. The molecule has 0 saturated heterocycles. The van der Waals surface area contributed by atoms with Crippen LogP contribution in [0, 0.1) is 0 Å². The van der Waals surface area contributed by atoms with Gasteiger partial charge in [0.2, 0.25) is 0 Å². The van der Waals surface area contributed by atoms with Gasteiger partial charge in [-0.3, -0.25) is 0 Å². The van der Waals surface area contributed by atoms with Crippen LogP contribution in [0.25, 0.3) is 0 Å². The van der Waals surface area contributed by atoms with Gasteiger partial charge in [-0.2, -0.15) is 0 Å². The second-order valence-electron chi connectivity index (χ2n) is 3.58. The van der Waals surface area contributed by atoms with Gasteiger partial charge in [-0.1, -0.05) is 0 Å². The minimum absolute atomic E-state index is 1.09. The topological polar surface area (TPSA) is 213 Å². The van der Waals surface area contributed by atoms with Crippen molar-refractivity contribution in [3.63, 3.8) is 0 Å². The van der Waals surface area contributed by atoms with Crippen molar-refractivity contribution in [1.82, 2.24) is 0 Å². The molecule has 0 aliphatic carbocycles. The van der Waals surface area contributed by atoms with E-state index < -0.39 is 71.4 Å². The van der Waals surface area contributed by atoms with Crippen LogP contribution < -0.4 is 11.5 Å². The Kier molecular flexibility index (Phi) is 7.69. The summed E-state index contributed by atoms with van der Waals surface area (Å²) >= 11 is -1.58. The van der Waals surface area contributed by atoms with Gasteiger partial charge < -0.3 is 0 Å². The SMILES string of the molecule is N[C@@H](CS(=O)(=O)O)C(=O)O[Se]OC(=O)[C@@H](N)CS(=O)(=O)O. The third kappa shape index (κ3) is 10.6. The first-order valence-corrected chi connectivity index (χ1v) is 9.44. The molecule has 124 valence electrons. The quantitative estimate of drug-likeness (QED) is 0.221. The number of hydrogen-bond acceptors (Lipinski definition) is 10. The van der Waals surface area contributed by atoms with Crippen LogP contribution in [0.15, 0.2) is 0 Å². The van der Waals surface area contributed by atoms with Gasteiger partial charge >= 0.3 is 126 Å². The summed E-state index contributed by atoms with van der Waals surface area (Å²) in [7, 11) is -8.97. The van der Waals surface area contributed by atoms with Crippen molar-refractivity contribution < 1.29 is 43.2 Å². The molecule has 0 spiro atoms. The van der Waals surface area contributed by atoms with Crippen LogP contribution in [0.2, 0.25) is 0 Å². The molecule has 0 aromatic rings. The van der Waals surface area contributed by atoms with Crippen LogP contribution in [-0.2, 0) is 37.5 Å². The zero-order chi connectivity index (χ0) is 16.8. The van der Waals surface area contributed by atoms with Gasteiger partial charge in [0.15, 0.2) is 0 Å². The van der Waals surface area contributed by atoms with E-state index in [-0.39, 0.29) is 0 Å². The molecule has 0 saturated carbocycles. The van der Waals surface area contributed by atoms with Crippen LogP contribution in [0.5, 0.6) is 0 Å². The predicted octanol–water partition coefficient (Wildman–Crippen LogP) is -3.96. The first-order chi connectivity index (χ1) is 9.32. The molecule has 0 bridgehead atoms. The van der Waals surface area contributed by atoms with Crippen LogP contribution in [-0.4, -0.2) is 77.1 Å². The van der Waals surface area contributed by atoms with Gasteiger partial charge in [-0.25, -0.2) is 0 Å². The first kappa shape index (κ1) is 20.2. The third-order valence-electron chi connectivity index (χ3n) is 1.62. The zero-order valence-corrected chi connectivity index (χ0v) is 13.5. The van der Waals surface area contributed by atoms with Crippen molar-refractivity contribution in [2.24, 2.45) is 11.5 Å². The summed E-state index contributed by atoms with van der Waals surface area (Å²) in [6.07, 6.45) is 0. The van der Waals surface area contributed by atoms with Crippen LogP contribution in [0.3, 0.4) is 0 Å². The fourth-order valence-corrected chi connectivity index (χ4v) is 2.85. The van der Waals surface area contributed by atoms with Gasteiger partial charge in [-0.05, 0) is 0 Å². The summed E-state index contributed by atoms with van der Waals surface area (Å²) in [6, 6.07) is -3.38. The Morgan fingerprint density at radius 1 is 0.905 bits per heavy atom. The maximum atomic E-state index is 11.1. The summed E-state index contributed by atoms with van der Waals surface area (Å²) in [5.74, 6) is -4.69. The van der Waals surface area contributed by atoms with E-state index >= 15 is 0 Å². The molecule has 0 aliphatic heterocycles. The number of carbonyl (C=O) groups excluding carboxylic acids is 2. The number of nitrogens with two attached hydrogens (primary N) is 2. The van der Waals surface area contributed by atoms with Crippen molar-refractivity contribution >= 4 is 47.8 Å². The second-order valence-corrected chi connectivity index (χ2v) is 7.56. The van der Waals surface area contributed by atoms with Crippen molar-refractivity contribution in [3.8, 4) is 0 Å². The second kappa shape index (κ2) is 8.00. The van der Waals surface area contributed by atoms with Crippen LogP contribution in [0.4, 0.5) is 0 Å². The summed E-state index contributed by atoms with van der Waals surface area (Å²) in [4.78, 5) is 22.3. The molecule has 0 fully saturated rings. The van der Waals surface area contributed by atoms with Crippen molar-refractivity contribution in [3.05, 3.63) is 0 Å². The van der Waals surface area contributed by atoms with Gasteiger partial charge in [0.1, 0.15) is 0 Å². The Morgan fingerprint density at radius 3 is 1.43 bits per heavy atom. The van der Waals surface area contributed by atoms with Crippen LogP contribution in [0.1, 0.15) is 0 Å². The molecule has 0 rings (SSSR count). The molecule has 2 atom stereocenters. The van der Waals surface area contributed by atoms with Crippen molar-refractivity contribution in [1.29, 1.82) is 0 Å². The number of rotatable bonds is 8. The Hall–Kier alpha value is -0.801. The standard InChI is InChI=1S/C6H12N2O10S2Se/c7-3(1-19(11,12)13)5(9)17-21-18-6(10)4(8)2-20(14,15)16/h3-4H,1-2,7-8H2,(H,11,12,13)(H,14,15,16)/t3-,4-/m0/s1. The van der Waals surface area contributed by atoms with E-state index in [2.05, 4.69) is 7.64 Å². The fourth-order valence-electron chi connectivity index (χ4n) is 0.798. The number of hydrogen-bond donors (Lipinski definition) is 4. The normalized spacial score (nSPS) is 15.0. The van der Waals surface area contributed by atoms with E-state index in [1.54, 1.807) is 0 Å². The Balaban J connectivity index is 4.20. The molecule has 15 heteroatoms. The summed E-state index contributed by atoms with van der Waals surface area (Å²) in [5, 5.41) is 0. The van der Waals surface area contributed by atoms with Crippen LogP contribution >= 0.6 is 0 Å². The monoisotopic (exact) mass is 416 g/mol. The van der Waals surface area contributed by atoms with E-state index in [9.17, 15) is 26.4 Å². The summed E-state index contributed by atoms with van der Waals surface area (Å²) in [6.45, 7) is 0. The molecular weight excluding hydrogens is 403 g/mol. The molecule has 0 heterocycles. The molecule has 0 unspecified atom stereocenters. The Bertz CT molecular complexity index is 535. The van der Waals surface area contributed by atoms with Crippen molar-refractivity contribution in [2.45, 2.75) is 12.1 Å². The molecule has 6 N–H and O–H groups in total. The average molecular weight is 415 g/mol. The Morgan fingerprint density at radius 2 is 1.19 bits per heavy atom. The van der Waals surface area contributed by atoms with Crippen molar-refractivity contribution in [2.75, 3.05) is 11.5 Å². The number of carbonyl (C=O) groups is 2. The maximum absolute atomic E-state index is 11.1. The predicted molar refractivity (Wildman–Crippen MR) is 66.7 cm³/mol.